The number of benzene rings is 3. The summed E-state index contributed by atoms with van der Waals surface area (Å²) in [5.74, 6) is 0.999. The van der Waals surface area contributed by atoms with Crippen LogP contribution in [-0.4, -0.2) is 40.7 Å². The molecule has 9 nitrogen and oxygen atoms in total. The van der Waals surface area contributed by atoms with Gasteiger partial charge in [0, 0.05) is 35.5 Å². The number of ether oxygens (including phenoxy) is 3. The van der Waals surface area contributed by atoms with Gasteiger partial charge < -0.3 is 24.1 Å². The van der Waals surface area contributed by atoms with Gasteiger partial charge in [0.25, 0.3) is 5.91 Å². The Morgan fingerprint density at radius 1 is 1.00 bits per heavy atom. The van der Waals surface area contributed by atoms with Crippen LogP contribution in [-0.2, 0) is 6.54 Å². The van der Waals surface area contributed by atoms with Crippen molar-refractivity contribution in [2.24, 2.45) is 0 Å². The molecule has 0 radical (unpaired) electrons. The SMILES string of the molecule is CCCCOc1ccc(-c2nn(-c3ccccc3)cc2CNC(=O)c2cc(-c3ccc4c(c3)OCCO4)on2)cc1F. The molecule has 10 heteroatoms. The number of rotatable bonds is 10. The van der Waals surface area contributed by atoms with E-state index >= 15 is 0 Å². The number of hydrogen-bond acceptors (Lipinski definition) is 7. The lowest BCUT2D eigenvalue weighted by atomic mass is 10.1. The van der Waals surface area contributed by atoms with Gasteiger partial charge in [0.2, 0.25) is 0 Å². The maximum Gasteiger partial charge on any atom is 0.273 e. The first-order valence-electron chi connectivity index (χ1n) is 13.8. The highest BCUT2D eigenvalue weighted by Crippen LogP contribution is 2.35. The van der Waals surface area contributed by atoms with E-state index in [1.807, 2.05) is 49.5 Å². The molecule has 0 spiro atoms. The molecule has 214 valence electrons. The smallest absolute Gasteiger partial charge is 0.273 e. The molecule has 0 fully saturated rings. The van der Waals surface area contributed by atoms with Gasteiger partial charge in [0.15, 0.2) is 34.5 Å². The Morgan fingerprint density at radius 2 is 1.81 bits per heavy atom. The monoisotopic (exact) mass is 568 g/mol. The minimum Gasteiger partial charge on any atom is -0.491 e. The summed E-state index contributed by atoms with van der Waals surface area (Å²) < 4.78 is 38.9. The Kier molecular flexibility index (Phi) is 7.85. The maximum atomic E-state index is 14.9. The first-order valence-corrected chi connectivity index (χ1v) is 13.8. The fraction of sp³-hybridized carbons (Fsp3) is 0.219. The first-order chi connectivity index (χ1) is 20.6. The zero-order valence-corrected chi connectivity index (χ0v) is 23.0. The fourth-order valence-electron chi connectivity index (χ4n) is 4.57. The molecule has 0 bridgehead atoms. The van der Waals surface area contributed by atoms with E-state index in [4.69, 9.17) is 23.8 Å². The van der Waals surface area contributed by atoms with E-state index in [2.05, 4.69) is 10.5 Å². The summed E-state index contributed by atoms with van der Waals surface area (Å²) in [7, 11) is 0. The number of para-hydroxylation sites is 1. The third kappa shape index (κ3) is 5.83. The summed E-state index contributed by atoms with van der Waals surface area (Å²) in [5, 5.41) is 11.6. The predicted molar refractivity (Wildman–Crippen MR) is 153 cm³/mol. The molecule has 1 aliphatic rings. The molecule has 3 heterocycles. The third-order valence-electron chi connectivity index (χ3n) is 6.78. The van der Waals surface area contributed by atoms with Crippen LogP contribution in [0.4, 0.5) is 4.39 Å². The highest BCUT2D eigenvalue weighted by molar-refractivity contribution is 5.93. The van der Waals surface area contributed by atoms with Crippen LogP contribution in [0.25, 0.3) is 28.3 Å². The number of halogens is 1. The molecule has 2 aromatic heterocycles. The summed E-state index contributed by atoms with van der Waals surface area (Å²) in [6, 6.07) is 21.3. The van der Waals surface area contributed by atoms with Crippen molar-refractivity contribution in [3.63, 3.8) is 0 Å². The van der Waals surface area contributed by atoms with Gasteiger partial charge >= 0.3 is 0 Å². The van der Waals surface area contributed by atoms with Crippen LogP contribution in [0.5, 0.6) is 17.2 Å². The highest BCUT2D eigenvalue weighted by atomic mass is 19.1. The number of carbonyl (C=O) groups excluding carboxylic acids is 1. The number of carbonyl (C=O) groups is 1. The third-order valence-corrected chi connectivity index (χ3v) is 6.78. The Bertz CT molecular complexity index is 1700. The zero-order valence-electron chi connectivity index (χ0n) is 23.0. The van der Waals surface area contributed by atoms with E-state index in [9.17, 15) is 9.18 Å². The fourth-order valence-corrected chi connectivity index (χ4v) is 4.57. The molecule has 42 heavy (non-hydrogen) atoms. The largest absolute Gasteiger partial charge is 0.491 e. The zero-order chi connectivity index (χ0) is 28.9. The highest BCUT2D eigenvalue weighted by Gasteiger charge is 2.19. The van der Waals surface area contributed by atoms with Gasteiger partial charge in [0.05, 0.1) is 18.0 Å². The van der Waals surface area contributed by atoms with Gasteiger partial charge in [-0.15, -0.1) is 0 Å². The van der Waals surface area contributed by atoms with E-state index < -0.39 is 11.7 Å². The van der Waals surface area contributed by atoms with E-state index in [0.717, 1.165) is 18.5 Å². The van der Waals surface area contributed by atoms with Gasteiger partial charge in [-0.25, -0.2) is 9.07 Å². The van der Waals surface area contributed by atoms with Gasteiger partial charge in [-0.2, -0.15) is 5.10 Å². The van der Waals surface area contributed by atoms with Gasteiger partial charge in [-0.3, -0.25) is 4.79 Å². The number of aromatic nitrogens is 3. The molecular weight excluding hydrogens is 539 g/mol. The Balaban J connectivity index is 1.22. The van der Waals surface area contributed by atoms with Crippen LogP contribution < -0.4 is 19.5 Å². The van der Waals surface area contributed by atoms with Crippen molar-refractivity contribution in [2.45, 2.75) is 26.3 Å². The molecule has 1 aliphatic heterocycles. The molecule has 0 saturated carbocycles. The second kappa shape index (κ2) is 12.2. The molecule has 3 aromatic carbocycles. The van der Waals surface area contributed by atoms with Crippen LogP contribution in [0.2, 0.25) is 0 Å². The lowest BCUT2D eigenvalue weighted by Gasteiger charge is -2.18. The van der Waals surface area contributed by atoms with Crippen molar-refractivity contribution < 1.29 is 27.9 Å². The molecule has 1 amide bonds. The summed E-state index contributed by atoms with van der Waals surface area (Å²) in [6.07, 6.45) is 3.62. The molecule has 6 rings (SSSR count). The summed E-state index contributed by atoms with van der Waals surface area (Å²) in [5.41, 5.74) is 3.46. The first kappa shape index (κ1) is 27.1. The second-order valence-electron chi connectivity index (χ2n) is 9.75. The Morgan fingerprint density at radius 3 is 2.62 bits per heavy atom. The van der Waals surface area contributed by atoms with Crippen molar-refractivity contribution in [1.29, 1.82) is 0 Å². The molecule has 0 unspecified atom stereocenters. The van der Waals surface area contributed by atoms with Gasteiger partial charge in [-0.05, 0) is 55.0 Å². The van der Waals surface area contributed by atoms with Crippen molar-refractivity contribution in [3.8, 4) is 45.5 Å². The summed E-state index contributed by atoms with van der Waals surface area (Å²) >= 11 is 0. The minimum absolute atomic E-state index is 0.122. The average molecular weight is 569 g/mol. The molecular formula is C32H29FN4O5. The quantitative estimate of drug-likeness (QED) is 0.200. The predicted octanol–water partition coefficient (Wildman–Crippen LogP) is 6.21. The van der Waals surface area contributed by atoms with Crippen LogP contribution in [0.1, 0.15) is 35.8 Å². The molecule has 0 aliphatic carbocycles. The second-order valence-corrected chi connectivity index (χ2v) is 9.75. The van der Waals surface area contributed by atoms with Crippen LogP contribution in [0, 0.1) is 5.82 Å². The standard InChI is InChI=1S/C32H29FN4O5/c1-2-3-13-39-27-11-10-22(16-25(27)33)31-23(20-37(35-31)24-7-5-4-6-8-24)19-34-32(38)26-18-29(42-36-26)21-9-12-28-30(17-21)41-15-14-40-28/h4-12,16-18,20H,2-3,13-15,19H2,1H3,(H,34,38). The minimum atomic E-state index is -0.470. The maximum absolute atomic E-state index is 14.9. The number of nitrogens with one attached hydrogen (secondary N) is 1. The van der Waals surface area contributed by atoms with Crippen LogP contribution in [0.15, 0.2) is 83.5 Å². The summed E-state index contributed by atoms with van der Waals surface area (Å²) in [6.45, 7) is 3.59. The number of unbranched alkanes of at least 4 members (excludes halogenated alkanes) is 1. The van der Waals surface area contributed by atoms with Gasteiger partial charge in [0.1, 0.15) is 13.2 Å². The van der Waals surface area contributed by atoms with E-state index in [1.54, 1.807) is 35.0 Å². The number of fused-ring (bicyclic) bond motifs is 1. The average Bonchev–Trinajstić information content (AvgIpc) is 3.69. The van der Waals surface area contributed by atoms with Crippen molar-refractivity contribution in [2.75, 3.05) is 19.8 Å². The van der Waals surface area contributed by atoms with Crippen LogP contribution in [0.3, 0.4) is 0 Å². The van der Waals surface area contributed by atoms with E-state index in [-0.39, 0.29) is 18.0 Å². The molecule has 1 N–H and O–H groups in total. The lowest BCUT2D eigenvalue weighted by Crippen LogP contribution is -2.23. The topological polar surface area (TPSA) is 101 Å². The lowest BCUT2D eigenvalue weighted by molar-refractivity contribution is 0.0942. The van der Waals surface area contributed by atoms with Crippen LogP contribution >= 0.6 is 0 Å². The van der Waals surface area contributed by atoms with Crippen molar-refractivity contribution >= 4 is 5.91 Å². The number of nitrogens with zero attached hydrogens (tertiary/aromatic N) is 3. The number of hydrogen-bond donors (Lipinski definition) is 1. The number of amides is 1. The molecule has 0 atom stereocenters. The Hall–Kier alpha value is -5.12. The van der Waals surface area contributed by atoms with Crippen molar-refractivity contribution in [1.82, 2.24) is 20.3 Å². The van der Waals surface area contributed by atoms with E-state index in [1.165, 1.54) is 6.07 Å². The van der Waals surface area contributed by atoms with Crippen molar-refractivity contribution in [3.05, 3.63) is 96.1 Å². The van der Waals surface area contributed by atoms with E-state index in [0.29, 0.717) is 59.5 Å². The molecule has 5 aromatic rings. The molecule has 0 saturated heterocycles. The van der Waals surface area contributed by atoms with Gasteiger partial charge in [-0.1, -0.05) is 36.7 Å². The normalized spacial score (nSPS) is 12.2. The summed E-state index contributed by atoms with van der Waals surface area (Å²) in [4.78, 5) is 13.1. The Labute approximate surface area is 241 Å².